The quantitative estimate of drug-likeness (QED) is 0.876. The first-order valence-corrected chi connectivity index (χ1v) is 5.92. The number of rotatable bonds is 3. The van der Waals surface area contributed by atoms with Crippen LogP contribution in [0.5, 0.6) is 5.75 Å². The number of nitrogens with one attached hydrogen (secondary N) is 1. The van der Waals surface area contributed by atoms with Crippen molar-refractivity contribution in [3.8, 4) is 5.75 Å². The lowest BCUT2D eigenvalue weighted by Crippen LogP contribution is -2.16. The van der Waals surface area contributed by atoms with Crippen molar-refractivity contribution >= 4 is 28.5 Å². The molecule has 0 aliphatic heterocycles. The Bertz CT molecular complexity index is 693. The number of pyridine rings is 1. The van der Waals surface area contributed by atoms with Crippen LogP contribution in [0, 0.1) is 0 Å². The third-order valence-corrected chi connectivity index (χ3v) is 2.88. The number of H-pyrrole nitrogens is 1. The highest BCUT2D eigenvalue weighted by Crippen LogP contribution is 2.28. The molecule has 0 fully saturated rings. The molecule has 6 heteroatoms. The molecule has 1 aromatic heterocycles. The fraction of sp³-hybridized carbons (Fsp3) is 0.231. The van der Waals surface area contributed by atoms with E-state index < -0.39 is 5.97 Å². The van der Waals surface area contributed by atoms with Gasteiger partial charge >= 0.3 is 5.97 Å². The predicted molar refractivity (Wildman–Crippen MR) is 71.6 cm³/mol. The number of carbonyl (C=O) groups excluding carboxylic acids is 1. The number of carbonyl (C=O) groups is 1. The van der Waals surface area contributed by atoms with E-state index in [-0.39, 0.29) is 17.7 Å². The third kappa shape index (κ3) is 2.71. The Morgan fingerprint density at radius 3 is 2.79 bits per heavy atom. The normalized spacial score (nSPS) is 10.5. The molecule has 0 radical (unpaired) electrons. The number of ether oxygens (including phenoxy) is 2. The summed E-state index contributed by atoms with van der Waals surface area (Å²) in [7, 11) is 1.46. The Hall–Kier alpha value is -2.01. The molecule has 1 heterocycles. The zero-order chi connectivity index (χ0) is 14.0. The van der Waals surface area contributed by atoms with Crippen LogP contribution in [0.3, 0.4) is 0 Å². The molecule has 100 valence electrons. The molecular formula is C13H12ClNO4. The number of esters is 1. The summed E-state index contributed by atoms with van der Waals surface area (Å²) in [5.41, 5.74) is 0.473. The molecule has 0 amide bonds. The lowest BCUT2D eigenvalue weighted by Gasteiger charge is -2.11. The second-order valence-electron chi connectivity index (χ2n) is 3.94. The predicted octanol–water partition coefficient (Wildman–Crippen LogP) is 2.25. The van der Waals surface area contributed by atoms with Crippen LogP contribution < -0.4 is 10.3 Å². The first-order chi connectivity index (χ1) is 9.02. The Balaban J connectivity index is 2.63. The summed E-state index contributed by atoms with van der Waals surface area (Å²) in [5, 5.41) is 1.21. The van der Waals surface area contributed by atoms with E-state index in [4.69, 9.17) is 21.1 Å². The van der Waals surface area contributed by atoms with Gasteiger partial charge in [0.15, 0.2) is 0 Å². The molecule has 0 unspecified atom stereocenters. The van der Waals surface area contributed by atoms with Gasteiger partial charge in [0, 0.05) is 17.3 Å². The van der Waals surface area contributed by atoms with E-state index in [2.05, 4.69) is 4.98 Å². The summed E-state index contributed by atoms with van der Waals surface area (Å²) in [6.45, 7) is 1.15. The first-order valence-electron chi connectivity index (χ1n) is 5.54. The summed E-state index contributed by atoms with van der Waals surface area (Å²) in [6.07, 6.45) is 0. The maximum atomic E-state index is 12.0. The van der Waals surface area contributed by atoms with E-state index in [0.29, 0.717) is 21.7 Å². The Morgan fingerprint density at radius 1 is 1.42 bits per heavy atom. The molecule has 5 nitrogen and oxygen atoms in total. The molecule has 19 heavy (non-hydrogen) atoms. The minimum Gasteiger partial charge on any atom is -0.495 e. The van der Waals surface area contributed by atoms with Crippen LogP contribution in [0.25, 0.3) is 10.9 Å². The van der Waals surface area contributed by atoms with Crippen LogP contribution >= 0.6 is 11.6 Å². The van der Waals surface area contributed by atoms with Gasteiger partial charge in [-0.3, -0.25) is 9.59 Å². The highest BCUT2D eigenvalue weighted by molar-refractivity contribution is 6.31. The fourth-order valence-electron chi connectivity index (χ4n) is 1.82. The second kappa shape index (κ2) is 5.32. The monoisotopic (exact) mass is 281 g/mol. The molecule has 0 aliphatic carbocycles. The van der Waals surface area contributed by atoms with Gasteiger partial charge in [0.05, 0.1) is 18.2 Å². The first kappa shape index (κ1) is 13.4. The van der Waals surface area contributed by atoms with Gasteiger partial charge < -0.3 is 14.5 Å². The van der Waals surface area contributed by atoms with Crippen LogP contribution in [0.4, 0.5) is 0 Å². The minimum absolute atomic E-state index is 0.133. The molecule has 0 aliphatic rings. The van der Waals surface area contributed by atoms with Gasteiger partial charge in [-0.25, -0.2) is 0 Å². The summed E-state index contributed by atoms with van der Waals surface area (Å²) in [4.78, 5) is 25.5. The van der Waals surface area contributed by atoms with Gasteiger partial charge in [0.1, 0.15) is 12.4 Å². The molecular weight excluding hydrogens is 270 g/mol. The largest absolute Gasteiger partial charge is 0.495 e. The van der Waals surface area contributed by atoms with Crippen LogP contribution in [0.2, 0.25) is 5.02 Å². The van der Waals surface area contributed by atoms with Crippen LogP contribution in [0.1, 0.15) is 12.5 Å². The average molecular weight is 282 g/mol. The molecule has 0 bridgehead atoms. The molecule has 0 atom stereocenters. The number of methoxy groups -OCH3 is 1. The fourth-order valence-corrected chi connectivity index (χ4v) is 1.99. The lowest BCUT2D eigenvalue weighted by molar-refractivity contribution is -0.142. The number of hydrogen-bond donors (Lipinski definition) is 1. The number of aromatic nitrogens is 1. The Kier molecular flexibility index (Phi) is 3.76. The van der Waals surface area contributed by atoms with E-state index in [0.717, 1.165) is 0 Å². The van der Waals surface area contributed by atoms with E-state index in [9.17, 15) is 9.59 Å². The van der Waals surface area contributed by atoms with Gasteiger partial charge in [0.2, 0.25) is 0 Å². The van der Waals surface area contributed by atoms with E-state index >= 15 is 0 Å². The zero-order valence-corrected chi connectivity index (χ0v) is 11.2. The van der Waals surface area contributed by atoms with Gasteiger partial charge in [-0.05, 0) is 18.2 Å². The SMILES string of the molecule is COc1c(COC(C)=O)c(=O)[nH]c2cc(Cl)ccc12. The summed E-state index contributed by atoms with van der Waals surface area (Å²) in [5.74, 6) is -0.0747. The maximum absolute atomic E-state index is 12.0. The topological polar surface area (TPSA) is 68.4 Å². The highest BCUT2D eigenvalue weighted by Gasteiger charge is 2.14. The second-order valence-corrected chi connectivity index (χ2v) is 4.37. The molecule has 0 saturated heterocycles. The number of fused-ring (bicyclic) bond motifs is 1. The van der Waals surface area contributed by atoms with Gasteiger partial charge in [-0.2, -0.15) is 0 Å². The van der Waals surface area contributed by atoms with E-state index in [1.165, 1.54) is 14.0 Å². The molecule has 2 aromatic rings. The van der Waals surface area contributed by atoms with Crippen LogP contribution in [0.15, 0.2) is 23.0 Å². The third-order valence-electron chi connectivity index (χ3n) is 2.65. The smallest absolute Gasteiger partial charge is 0.302 e. The van der Waals surface area contributed by atoms with E-state index in [1.54, 1.807) is 18.2 Å². The molecule has 1 N–H and O–H groups in total. The Morgan fingerprint density at radius 2 is 2.16 bits per heavy atom. The minimum atomic E-state index is -0.461. The zero-order valence-electron chi connectivity index (χ0n) is 10.5. The Labute approximate surface area is 114 Å². The lowest BCUT2D eigenvalue weighted by atomic mass is 10.1. The van der Waals surface area contributed by atoms with Crippen LogP contribution in [-0.4, -0.2) is 18.1 Å². The molecule has 2 rings (SSSR count). The van der Waals surface area contributed by atoms with Gasteiger partial charge in [0.25, 0.3) is 5.56 Å². The summed E-state index contributed by atoms with van der Waals surface area (Å²) >= 11 is 5.88. The van der Waals surface area contributed by atoms with Crippen molar-refractivity contribution in [1.82, 2.24) is 4.98 Å². The van der Waals surface area contributed by atoms with Gasteiger partial charge in [-0.1, -0.05) is 11.6 Å². The number of hydrogen-bond acceptors (Lipinski definition) is 4. The van der Waals surface area contributed by atoms with E-state index in [1.807, 2.05) is 0 Å². The van der Waals surface area contributed by atoms with Crippen molar-refractivity contribution in [2.24, 2.45) is 0 Å². The van der Waals surface area contributed by atoms with Crippen molar-refractivity contribution in [2.75, 3.05) is 7.11 Å². The highest BCUT2D eigenvalue weighted by atomic mass is 35.5. The van der Waals surface area contributed by atoms with Gasteiger partial charge in [-0.15, -0.1) is 0 Å². The number of halogens is 1. The van der Waals surface area contributed by atoms with Crippen molar-refractivity contribution < 1.29 is 14.3 Å². The molecule has 1 aromatic carbocycles. The maximum Gasteiger partial charge on any atom is 0.302 e. The molecule has 0 saturated carbocycles. The molecule has 0 spiro atoms. The number of benzene rings is 1. The standard InChI is InChI=1S/C13H12ClNO4/c1-7(16)19-6-10-12(18-2)9-4-3-8(14)5-11(9)15-13(10)17/h3-5H,6H2,1-2H3,(H,15,17). The average Bonchev–Trinajstić information content (AvgIpc) is 2.35. The van der Waals surface area contributed by atoms with Crippen molar-refractivity contribution in [3.63, 3.8) is 0 Å². The summed E-state index contributed by atoms with van der Waals surface area (Å²) in [6, 6.07) is 5.07. The van der Waals surface area contributed by atoms with Crippen LogP contribution in [-0.2, 0) is 16.1 Å². The van der Waals surface area contributed by atoms with Crippen molar-refractivity contribution in [2.45, 2.75) is 13.5 Å². The summed E-state index contributed by atoms with van der Waals surface area (Å²) < 4.78 is 10.1. The number of aromatic amines is 1. The van der Waals surface area contributed by atoms with Crippen molar-refractivity contribution in [1.29, 1.82) is 0 Å². The van der Waals surface area contributed by atoms with Crippen molar-refractivity contribution in [3.05, 3.63) is 39.1 Å².